The average molecular weight is 361 g/mol. The van der Waals surface area contributed by atoms with Crippen molar-refractivity contribution in [3.05, 3.63) is 82.0 Å². The van der Waals surface area contributed by atoms with Gasteiger partial charge >= 0.3 is 5.63 Å². The van der Waals surface area contributed by atoms with Crippen molar-refractivity contribution in [2.75, 3.05) is 11.6 Å². The monoisotopic (exact) mass is 361 g/mol. The SMILES string of the molecule is Cc1cc2c(c3oc(=O)c4ccccc4c13)CN(c1ccc(F)cc1)CO2. The van der Waals surface area contributed by atoms with Gasteiger partial charge in [-0.15, -0.1) is 0 Å². The van der Waals surface area contributed by atoms with Crippen LogP contribution in [0.5, 0.6) is 5.75 Å². The van der Waals surface area contributed by atoms with Crippen molar-refractivity contribution in [1.29, 1.82) is 0 Å². The van der Waals surface area contributed by atoms with Gasteiger partial charge in [0.25, 0.3) is 0 Å². The molecule has 2 heterocycles. The maximum absolute atomic E-state index is 13.2. The second-order valence-corrected chi connectivity index (χ2v) is 6.76. The Morgan fingerprint density at radius 1 is 1.04 bits per heavy atom. The molecule has 0 unspecified atom stereocenters. The summed E-state index contributed by atoms with van der Waals surface area (Å²) < 4.78 is 24.9. The van der Waals surface area contributed by atoms with E-state index < -0.39 is 0 Å². The number of hydrogen-bond donors (Lipinski definition) is 0. The normalized spacial score (nSPS) is 13.6. The number of aryl methyl sites for hydroxylation is 1. The zero-order valence-corrected chi connectivity index (χ0v) is 14.7. The van der Waals surface area contributed by atoms with E-state index in [0.29, 0.717) is 24.2 Å². The molecule has 0 aliphatic carbocycles. The van der Waals surface area contributed by atoms with Gasteiger partial charge in [-0.1, -0.05) is 18.2 Å². The summed E-state index contributed by atoms with van der Waals surface area (Å²) in [5.41, 5.74) is 2.87. The molecule has 0 N–H and O–H groups in total. The fraction of sp³-hybridized carbons (Fsp3) is 0.136. The number of fused-ring (bicyclic) bond motifs is 5. The lowest BCUT2D eigenvalue weighted by Crippen LogP contribution is -2.32. The summed E-state index contributed by atoms with van der Waals surface area (Å²) in [6.07, 6.45) is 0. The number of rotatable bonds is 1. The van der Waals surface area contributed by atoms with Gasteiger partial charge in [-0.2, -0.15) is 0 Å². The van der Waals surface area contributed by atoms with Crippen LogP contribution in [0.4, 0.5) is 10.1 Å². The average Bonchev–Trinajstić information content (AvgIpc) is 2.68. The van der Waals surface area contributed by atoms with Crippen molar-refractivity contribution >= 4 is 27.4 Å². The highest BCUT2D eigenvalue weighted by molar-refractivity contribution is 6.07. The first-order valence-corrected chi connectivity index (χ1v) is 8.73. The molecule has 0 saturated heterocycles. The molecule has 0 amide bonds. The van der Waals surface area contributed by atoms with Crippen molar-refractivity contribution in [2.24, 2.45) is 0 Å². The summed E-state index contributed by atoms with van der Waals surface area (Å²) >= 11 is 0. The van der Waals surface area contributed by atoms with Crippen LogP contribution in [-0.4, -0.2) is 6.73 Å². The van der Waals surface area contributed by atoms with Crippen LogP contribution in [-0.2, 0) is 6.54 Å². The van der Waals surface area contributed by atoms with Gasteiger partial charge < -0.3 is 14.1 Å². The lowest BCUT2D eigenvalue weighted by molar-refractivity contribution is 0.289. The fourth-order valence-corrected chi connectivity index (χ4v) is 3.75. The Balaban J connectivity index is 1.74. The first-order valence-electron chi connectivity index (χ1n) is 8.73. The van der Waals surface area contributed by atoms with Gasteiger partial charge in [-0.3, -0.25) is 0 Å². The molecule has 4 aromatic rings. The van der Waals surface area contributed by atoms with Crippen LogP contribution in [0.15, 0.2) is 63.8 Å². The van der Waals surface area contributed by atoms with Gasteiger partial charge in [0.1, 0.15) is 17.1 Å². The van der Waals surface area contributed by atoms with Crippen LogP contribution in [0.1, 0.15) is 11.1 Å². The van der Waals surface area contributed by atoms with Gasteiger partial charge in [-0.25, -0.2) is 9.18 Å². The Labute approximate surface area is 154 Å². The highest BCUT2D eigenvalue weighted by atomic mass is 19.1. The van der Waals surface area contributed by atoms with Crippen LogP contribution >= 0.6 is 0 Å². The molecule has 1 aromatic heterocycles. The fourth-order valence-electron chi connectivity index (χ4n) is 3.75. The van der Waals surface area contributed by atoms with E-state index in [9.17, 15) is 9.18 Å². The molecule has 0 saturated carbocycles. The third-order valence-corrected chi connectivity index (χ3v) is 5.07. The highest BCUT2D eigenvalue weighted by Crippen LogP contribution is 2.38. The number of halogens is 1. The molecule has 5 heteroatoms. The number of nitrogens with zero attached hydrogens (tertiary/aromatic N) is 1. The first kappa shape index (κ1) is 15.9. The van der Waals surface area contributed by atoms with Crippen molar-refractivity contribution in [1.82, 2.24) is 0 Å². The van der Waals surface area contributed by atoms with Crippen LogP contribution in [0.2, 0.25) is 0 Å². The Kier molecular flexibility index (Phi) is 3.44. The summed E-state index contributed by atoms with van der Waals surface area (Å²) in [5.74, 6) is 0.437. The maximum Gasteiger partial charge on any atom is 0.344 e. The van der Waals surface area contributed by atoms with Crippen LogP contribution < -0.4 is 15.3 Å². The molecule has 4 nitrogen and oxygen atoms in total. The minimum atomic E-state index is -0.357. The van der Waals surface area contributed by atoms with E-state index in [1.807, 2.05) is 36.1 Å². The molecule has 1 aliphatic rings. The minimum Gasteiger partial charge on any atom is -0.473 e. The van der Waals surface area contributed by atoms with Crippen molar-refractivity contribution < 1.29 is 13.5 Å². The van der Waals surface area contributed by atoms with E-state index in [1.54, 1.807) is 18.2 Å². The van der Waals surface area contributed by atoms with E-state index >= 15 is 0 Å². The largest absolute Gasteiger partial charge is 0.473 e. The Morgan fingerprint density at radius 3 is 2.56 bits per heavy atom. The molecule has 27 heavy (non-hydrogen) atoms. The standard InChI is InChI=1S/C22H16FNO3/c1-13-10-19-18(11-24(12-26-19)15-8-6-14(23)7-9-15)21-20(13)16-4-2-3-5-17(16)22(25)27-21/h2-10H,11-12H2,1H3. The van der Waals surface area contributed by atoms with Crippen LogP contribution in [0.25, 0.3) is 21.7 Å². The van der Waals surface area contributed by atoms with Crippen molar-refractivity contribution in [3.63, 3.8) is 0 Å². The molecule has 134 valence electrons. The minimum absolute atomic E-state index is 0.282. The zero-order chi connectivity index (χ0) is 18.5. The molecule has 0 atom stereocenters. The lowest BCUT2D eigenvalue weighted by Gasteiger charge is -2.31. The summed E-state index contributed by atoms with van der Waals surface area (Å²) in [5, 5.41) is 2.37. The van der Waals surface area contributed by atoms with Gasteiger partial charge in [0.2, 0.25) is 0 Å². The van der Waals surface area contributed by atoms with Crippen molar-refractivity contribution in [3.8, 4) is 5.75 Å². The summed E-state index contributed by atoms with van der Waals surface area (Å²) in [6.45, 7) is 2.85. The molecule has 0 fully saturated rings. The number of anilines is 1. The Hall–Kier alpha value is -3.34. The van der Waals surface area contributed by atoms with Gasteiger partial charge in [0, 0.05) is 16.5 Å². The molecule has 0 spiro atoms. The molecular weight excluding hydrogens is 345 g/mol. The maximum atomic E-state index is 13.2. The lowest BCUT2D eigenvalue weighted by atomic mass is 9.99. The number of hydrogen-bond acceptors (Lipinski definition) is 4. The van der Waals surface area contributed by atoms with Gasteiger partial charge in [0.05, 0.1) is 17.5 Å². The van der Waals surface area contributed by atoms with Gasteiger partial charge in [-0.05, 0) is 48.9 Å². The third kappa shape index (κ3) is 2.46. The topological polar surface area (TPSA) is 42.7 Å². The summed E-state index contributed by atoms with van der Waals surface area (Å²) in [4.78, 5) is 14.5. The second kappa shape index (κ2) is 5.84. The number of ether oxygens (including phenoxy) is 1. The van der Waals surface area contributed by atoms with Gasteiger partial charge in [0.15, 0.2) is 6.73 Å². The molecule has 0 radical (unpaired) electrons. The summed E-state index contributed by atoms with van der Waals surface area (Å²) in [6, 6.07) is 15.7. The van der Waals surface area contributed by atoms with Crippen molar-refractivity contribution in [2.45, 2.75) is 13.5 Å². The van der Waals surface area contributed by atoms with E-state index in [0.717, 1.165) is 33.3 Å². The second-order valence-electron chi connectivity index (χ2n) is 6.76. The molecule has 5 rings (SSSR count). The molecule has 0 bridgehead atoms. The van der Waals surface area contributed by atoms with Crippen LogP contribution in [0, 0.1) is 12.7 Å². The quantitative estimate of drug-likeness (QED) is 0.362. The predicted molar refractivity (Wildman–Crippen MR) is 103 cm³/mol. The third-order valence-electron chi connectivity index (χ3n) is 5.07. The first-order chi connectivity index (χ1) is 13.1. The Bertz CT molecular complexity index is 1240. The van der Waals surface area contributed by atoms with Crippen LogP contribution in [0.3, 0.4) is 0 Å². The molecule has 3 aromatic carbocycles. The zero-order valence-electron chi connectivity index (χ0n) is 14.7. The number of benzene rings is 3. The van der Waals surface area contributed by atoms with E-state index in [-0.39, 0.29) is 11.4 Å². The smallest absolute Gasteiger partial charge is 0.344 e. The molecular formula is C22H16FNO3. The summed E-state index contributed by atoms with van der Waals surface area (Å²) in [7, 11) is 0. The highest BCUT2D eigenvalue weighted by Gasteiger charge is 2.24. The van der Waals surface area contributed by atoms with E-state index in [4.69, 9.17) is 9.15 Å². The van der Waals surface area contributed by atoms with E-state index in [2.05, 4.69) is 0 Å². The molecule has 1 aliphatic heterocycles. The van der Waals surface area contributed by atoms with E-state index in [1.165, 1.54) is 12.1 Å². The Morgan fingerprint density at radius 2 is 1.78 bits per heavy atom. The predicted octanol–water partition coefficient (Wildman–Crippen LogP) is 4.75.